The molecule has 20 heavy (non-hydrogen) atoms. The Kier molecular flexibility index (Phi) is 3.02. The van der Waals surface area contributed by atoms with Crippen molar-refractivity contribution in [2.24, 2.45) is 0 Å². The fourth-order valence-corrected chi connectivity index (χ4v) is 2.39. The molecule has 0 saturated carbocycles. The molecule has 102 valence electrons. The van der Waals surface area contributed by atoms with Crippen molar-refractivity contribution in [3.63, 3.8) is 0 Å². The van der Waals surface area contributed by atoms with Crippen molar-refractivity contribution in [3.8, 4) is 0 Å². The average Bonchev–Trinajstić information content (AvgIpc) is 2.81. The second-order valence-electron chi connectivity index (χ2n) is 4.71. The van der Waals surface area contributed by atoms with Crippen LogP contribution < -0.4 is 11.3 Å². The lowest BCUT2D eigenvalue weighted by atomic mass is 10.2. The summed E-state index contributed by atoms with van der Waals surface area (Å²) in [4.78, 5) is 11.9. The SMILES string of the molecule is CCn1nc(Cn2cc(N)ccc2=O)c2ccccc21. The lowest BCUT2D eigenvalue weighted by Crippen LogP contribution is -2.19. The molecule has 0 atom stereocenters. The van der Waals surface area contributed by atoms with Crippen molar-refractivity contribution in [3.05, 3.63) is 58.6 Å². The van der Waals surface area contributed by atoms with Gasteiger partial charge in [0.05, 0.1) is 17.8 Å². The summed E-state index contributed by atoms with van der Waals surface area (Å²) in [7, 11) is 0. The maximum atomic E-state index is 11.9. The molecule has 2 heterocycles. The molecule has 0 aliphatic heterocycles. The van der Waals surface area contributed by atoms with E-state index in [0.29, 0.717) is 12.2 Å². The van der Waals surface area contributed by atoms with Crippen LogP contribution in [0.1, 0.15) is 12.6 Å². The van der Waals surface area contributed by atoms with Crippen molar-refractivity contribution in [2.75, 3.05) is 5.73 Å². The minimum absolute atomic E-state index is 0.0747. The highest BCUT2D eigenvalue weighted by Gasteiger charge is 2.10. The fourth-order valence-electron chi connectivity index (χ4n) is 2.39. The van der Waals surface area contributed by atoms with Gasteiger partial charge in [0.25, 0.3) is 5.56 Å². The lowest BCUT2D eigenvalue weighted by molar-refractivity contribution is 0.648. The largest absolute Gasteiger partial charge is 0.398 e. The molecule has 2 N–H and O–H groups in total. The summed E-state index contributed by atoms with van der Waals surface area (Å²) in [5.41, 5.74) is 8.21. The number of aryl methyl sites for hydroxylation is 1. The number of nitrogens with zero attached hydrogens (tertiary/aromatic N) is 3. The Bertz CT molecular complexity index is 816. The summed E-state index contributed by atoms with van der Waals surface area (Å²) < 4.78 is 3.53. The summed E-state index contributed by atoms with van der Waals surface area (Å²) in [6.07, 6.45) is 1.65. The number of para-hydroxylation sites is 1. The van der Waals surface area contributed by atoms with Gasteiger partial charge in [0.1, 0.15) is 0 Å². The van der Waals surface area contributed by atoms with Gasteiger partial charge in [0.2, 0.25) is 0 Å². The van der Waals surface area contributed by atoms with Crippen LogP contribution in [0, 0.1) is 0 Å². The number of rotatable bonds is 3. The summed E-state index contributed by atoms with van der Waals surface area (Å²) >= 11 is 0. The van der Waals surface area contributed by atoms with Crippen molar-refractivity contribution in [2.45, 2.75) is 20.0 Å². The van der Waals surface area contributed by atoms with E-state index >= 15 is 0 Å². The molecule has 0 aliphatic carbocycles. The van der Waals surface area contributed by atoms with Crippen LogP contribution in [0.2, 0.25) is 0 Å². The Morgan fingerprint density at radius 1 is 1.20 bits per heavy atom. The number of fused-ring (bicyclic) bond motifs is 1. The van der Waals surface area contributed by atoms with E-state index in [1.54, 1.807) is 16.8 Å². The van der Waals surface area contributed by atoms with Crippen molar-refractivity contribution in [1.82, 2.24) is 14.3 Å². The van der Waals surface area contributed by atoms with Crippen LogP contribution in [0.4, 0.5) is 5.69 Å². The Morgan fingerprint density at radius 2 is 2.00 bits per heavy atom. The Morgan fingerprint density at radius 3 is 2.80 bits per heavy atom. The first kappa shape index (κ1) is 12.5. The molecule has 0 aliphatic rings. The van der Waals surface area contributed by atoms with Gasteiger partial charge in [-0.25, -0.2) is 0 Å². The first-order chi connectivity index (χ1) is 9.69. The van der Waals surface area contributed by atoms with Gasteiger partial charge in [0, 0.05) is 29.9 Å². The molecule has 3 rings (SSSR count). The third-order valence-electron chi connectivity index (χ3n) is 3.36. The maximum absolute atomic E-state index is 11.9. The van der Waals surface area contributed by atoms with Crippen LogP contribution in [-0.2, 0) is 13.1 Å². The highest BCUT2D eigenvalue weighted by molar-refractivity contribution is 5.81. The Hall–Kier alpha value is -2.56. The summed E-state index contributed by atoms with van der Waals surface area (Å²) in [5, 5.41) is 5.66. The normalized spacial score (nSPS) is 11.1. The number of anilines is 1. The van der Waals surface area contributed by atoms with Gasteiger partial charge in [-0.1, -0.05) is 18.2 Å². The third-order valence-corrected chi connectivity index (χ3v) is 3.36. The second kappa shape index (κ2) is 4.85. The van der Waals surface area contributed by atoms with Gasteiger partial charge >= 0.3 is 0 Å². The van der Waals surface area contributed by atoms with E-state index in [-0.39, 0.29) is 5.56 Å². The third kappa shape index (κ3) is 2.07. The molecule has 2 aromatic heterocycles. The number of nitrogen functional groups attached to an aromatic ring is 1. The molecule has 0 saturated heterocycles. The molecule has 0 spiro atoms. The summed E-state index contributed by atoms with van der Waals surface area (Å²) in [6.45, 7) is 3.28. The molecule has 3 aromatic rings. The smallest absolute Gasteiger partial charge is 0.251 e. The van der Waals surface area contributed by atoms with Gasteiger partial charge in [-0.15, -0.1) is 0 Å². The molecule has 5 heteroatoms. The number of hydrogen-bond acceptors (Lipinski definition) is 3. The molecule has 0 fully saturated rings. The lowest BCUT2D eigenvalue weighted by Gasteiger charge is -2.04. The fraction of sp³-hybridized carbons (Fsp3) is 0.200. The number of nitrogens with two attached hydrogens (primary N) is 1. The molecule has 0 bridgehead atoms. The van der Waals surface area contributed by atoms with Crippen LogP contribution in [0.5, 0.6) is 0 Å². The van der Waals surface area contributed by atoms with E-state index in [9.17, 15) is 4.79 Å². The van der Waals surface area contributed by atoms with E-state index in [0.717, 1.165) is 23.1 Å². The molecule has 0 unspecified atom stereocenters. The minimum Gasteiger partial charge on any atom is -0.398 e. The second-order valence-corrected chi connectivity index (χ2v) is 4.71. The topological polar surface area (TPSA) is 65.8 Å². The quantitative estimate of drug-likeness (QED) is 0.788. The first-order valence-electron chi connectivity index (χ1n) is 6.59. The molecule has 1 aromatic carbocycles. The predicted octanol–water partition coefficient (Wildman–Crippen LogP) is 1.85. The first-order valence-corrected chi connectivity index (χ1v) is 6.59. The number of benzene rings is 1. The number of pyridine rings is 1. The van der Waals surface area contributed by atoms with Crippen molar-refractivity contribution in [1.29, 1.82) is 0 Å². The summed E-state index contributed by atoms with van der Waals surface area (Å²) in [5.74, 6) is 0. The van der Waals surface area contributed by atoms with E-state index in [4.69, 9.17) is 5.73 Å². The van der Waals surface area contributed by atoms with Gasteiger partial charge in [-0.05, 0) is 19.1 Å². The monoisotopic (exact) mass is 268 g/mol. The van der Waals surface area contributed by atoms with Crippen LogP contribution >= 0.6 is 0 Å². The van der Waals surface area contributed by atoms with Crippen molar-refractivity contribution < 1.29 is 0 Å². The molecular weight excluding hydrogens is 252 g/mol. The van der Waals surface area contributed by atoms with Crippen LogP contribution in [-0.4, -0.2) is 14.3 Å². The van der Waals surface area contributed by atoms with Gasteiger partial charge in [-0.3, -0.25) is 9.48 Å². The average molecular weight is 268 g/mol. The van der Waals surface area contributed by atoms with Crippen LogP contribution in [0.15, 0.2) is 47.4 Å². The zero-order chi connectivity index (χ0) is 14.1. The van der Waals surface area contributed by atoms with E-state index < -0.39 is 0 Å². The van der Waals surface area contributed by atoms with E-state index in [1.807, 2.05) is 28.9 Å². The Balaban J connectivity index is 2.11. The zero-order valence-electron chi connectivity index (χ0n) is 11.3. The Labute approximate surface area is 116 Å². The van der Waals surface area contributed by atoms with E-state index in [2.05, 4.69) is 12.0 Å². The van der Waals surface area contributed by atoms with Crippen LogP contribution in [0.3, 0.4) is 0 Å². The van der Waals surface area contributed by atoms with Gasteiger partial charge < -0.3 is 10.3 Å². The summed E-state index contributed by atoms with van der Waals surface area (Å²) in [6, 6.07) is 11.1. The predicted molar refractivity (Wildman–Crippen MR) is 79.6 cm³/mol. The van der Waals surface area contributed by atoms with Gasteiger partial charge in [-0.2, -0.15) is 5.10 Å². The highest BCUT2D eigenvalue weighted by atomic mass is 16.1. The van der Waals surface area contributed by atoms with Crippen LogP contribution in [0.25, 0.3) is 10.9 Å². The van der Waals surface area contributed by atoms with E-state index in [1.165, 1.54) is 6.07 Å². The highest BCUT2D eigenvalue weighted by Crippen LogP contribution is 2.19. The molecule has 0 radical (unpaired) electrons. The minimum atomic E-state index is -0.0747. The molecular formula is C15H16N4O. The molecule has 0 amide bonds. The maximum Gasteiger partial charge on any atom is 0.251 e. The number of hydrogen-bond donors (Lipinski definition) is 1. The number of aromatic nitrogens is 3. The zero-order valence-corrected chi connectivity index (χ0v) is 11.3. The van der Waals surface area contributed by atoms with Gasteiger partial charge in [0.15, 0.2) is 0 Å². The van der Waals surface area contributed by atoms with Crippen molar-refractivity contribution >= 4 is 16.6 Å². The standard InChI is InChI=1S/C15H16N4O/c1-2-19-14-6-4-3-5-12(14)13(17-19)10-18-9-11(16)7-8-15(18)20/h3-9H,2,10,16H2,1H3. The molecule has 5 nitrogen and oxygen atoms in total.